The molecule has 3 heterocycles. The largest absolute Gasteiger partial charge is 0.487 e. The van der Waals surface area contributed by atoms with Crippen molar-refractivity contribution in [3.8, 4) is 5.75 Å². The molecule has 0 atom stereocenters. The van der Waals surface area contributed by atoms with Gasteiger partial charge < -0.3 is 9.47 Å². The van der Waals surface area contributed by atoms with Crippen LogP contribution in [0.2, 0.25) is 0 Å². The first kappa shape index (κ1) is 25.5. The highest BCUT2D eigenvalue weighted by atomic mass is 32.2. The second-order valence-electron chi connectivity index (χ2n) is 10.3. The van der Waals surface area contributed by atoms with Gasteiger partial charge in [-0.2, -0.15) is 0 Å². The van der Waals surface area contributed by atoms with E-state index in [2.05, 4.69) is 0 Å². The average molecular weight is 501 g/mol. The molecular formula is C27H36N2O5S. The Morgan fingerprint density at radius 3 is 2.60 bits per heavy atom. The van der Waals surface area contributed by atoms with Crippen LogP contribution in [0.5, 0.6) is 5.75 Å². The van der Waals surface area contributed by atoms with Gasteiger partial charge in [0.25, 0.3) is 10.0 Å². The number of unbranched alkanes of at least 4 members (excludes halogenated alkanes) is 1. The molecule has 0 saturated carbocycles. The van der Waals surface area contributed by atoms with E-state index in [-0.39, 0.29) is 11.6 Å². The average Bonchev–Trinajstić information content (AvgIpc) is 3.15. The quantitative estimate of drug-likeness (QED) is 0.403. The van der Waals surface area contributed by atoms with E-state index in [1.54, 1.807) is 0 Å². The van der Waals surface area contributed by atoms with E-state index in [0.717, 1.165) is 58.5 Å². The van der Waals surface area contributed by atoms with Gasteiger partial charge in [0.05, 0.1) is 12.0 Å². The summed E-state index contributed by atoms with van der Waals surface area (Å²) in [6.07, 6.45) is 4.79. The van der Waals surface area contributed by atoms with Gasteiger partial charge in [-0.1, -0.05) is 6.07 Å². The fourth-order valence-corrected chi connectivity index (χ4v) is 7.26. The minimum absolute atomic E-state index is 0.218. The number of rotatable bonds is 7. The minimum Gasteiger partial charge on any atom is -0.487 e. The number of hydrogen-bond donors (Lipinski definition) is 0. The number of carbonyl (C=O) groups excluding carboxylic acids is 1. The van der Waals surface area contributed by atoms with Crippen LogP contribution in [-0.2, 0) is 38.8 Å². The number of aromatic nitrogens is 1. The Hall–Kier alpha value is -2.61. The van der Waals surface area contributed by atoms with E-state index in [4.69, 9.17) is 14.5 Å². The number of pyridine rings is 1. The number of nitrogens with zero attached hydrogens (tertiary/aromatic N) is 2. The van der Waals surface area contributed by atoms with Gasteiger partial charge in [0.15, 0.2) is 0 Å². The summed E-state index contributed by atoms with van der Waals surface area (Å²) in [5, 5.41) is 0. The minimum atomic E-state index is -3.82. The summed E-state index contributed by atoms with van der Waals surface area (Å²) in [4.78, 5) is 16.6. The van der Waals surface area contributed by atoms with Crippen LogP contribution in [0.3, 0.4) is 0 Å². The number of aryl methyl sites for hydroxylation is 2. The monoisotopic (exact) mass is 500 g/mol. The maximum atomic E-state index is 14.2. The van der Waals surface area contributed by atoms with Gasteiger partial charge in [0.2, 0.25) is 0 Å². The molecule has 1 aromatic heterocycles. The van der Waals surface area contributed by atoms with Crippen molar-refractivity contribution in [2.45, 2.75) is 90.1 Å². The van der Waals surface area contributed by atoms with E-state index in [1.165, 1.54) is 11.4 Å². The van der Waals surface area contributed by atoms with Crippen LogP contribution in [0, 0.1) is 20.8 Å². The normalized spacial score (nSPS) is 16.5. The third-order valence-electron chi connectivity index (χ3n) is 7.19. The number of esters is 1. The highest BCUT2D eigenvalue weighted by molar-refractivity contribution is 7.93. The Labute approximate surface area is 208 Å². The SMILES string of the molecule is COC(=O)CCCCc1ccc2c(n1)N(S(=O)(=O)c1c(C)c(C)c3c(c1C)CC(C)(C)O3)CCC2. The molecule has 0 N–H and O–H groups in total. The summed E-state index contributed by atoms with van der Waals surface area (Å²) in [5.41, 5.74) is 4.83. The third kappa shape index (κ3) is 4.77. The predicted octanol–water partition coefficient (Wildman–Crippen LogP) is 4.75. The second kappa shape index (κ2) is 9.45. The van der Waals surface area contributed by atoms with Crippen molar-refractivity contribution in [1.82, 2.24) is 4.98 Å². The molecule has 7 nitrogen and oxygen atoms in total. The van der Waals surface area contributed by atoms with Crippen molar-refractivity contribution in [2.24, 2.45) is 0 Å². The van der Waals surface area contributed by atoms with Gasteiger partial charge in [-0.05, 0) is 95.0 Å². The van der Waals surface area contributed by atoms with Crippen LogP contribution in [0.1, 0.15) is 73.0 Å². The van der Waals surface area contributed by atoms with E-state index in [1.807, 2.05) is 46.8 Å². The lowest BCUT2D eigenvalue weighted by molar-refractivity contribution is -0.140. The molecule has 0 aliphatic carbocycles. The van der Waals surface area contributed by atoms with Crippen LogP contribution in [0.25, 0.3) is 0 Å². The van der Waals surface area contributed by atoms with E-state index < -0.39 is 10.0 Å². The Bertz CT molecular complexity index is 1270. The number of hydrogen-bond acceptors (Lipinski definition) is 6. The fraction of sp³-hybridized carbons (Fsp3) is 0.556. The molecule has 0 saturated heterocycles. The zero-order valence-corrected chi connectivity index (χ0v) is 22.5. The zero-order chi connectivity index (χ0) is 25.5. The Balaban J connectivity index is 1.68. The van der Waals surface area contributed by atoms with Crippen molar-refractivity contribution in [3.63, 3.8) is 0 Å². The molecule has 8 heteroatoms. The first-order valence-corrected chi connectivity index (χ1v) is 13.8. The molecule has 2 aliphatic heterocycles. The lowest BCUT2D eigenvalue weighted by Crippen LogP contribution is -2.37. The second-order valence-corrected chi connectivity index (χ2v) is 12.1. The lowest BCUT2D eigenvalue weighted by atomic mass is 9.94. The van der Waals surface area contributed by atoms with Crippen LogP contribution in [-0.4, -0.2) is 38.6 Å². The first-order chi connectivity index (χ1) is 16.5. The molecule has 4 rings (SSSR count). The van der Waals surface area contributed by atoms with Gasteiger partial charge in [-0.3, -0.25) is 4.79 Å². The summed E-state index contributed by atoms with van der Waals surface area (Å²) in [7, 11) is -2.43. The Morgan fingerprint density at radius 1 is 1.14 bits per heavy atom. The van der Waals surface area contributed by atoms with Gasteiger partial charge >= 0.3 is 5.97 Å². The van der Waals surface area contributed by atoms with Crippen LogP contribution >= 0.6 is 0 Å². The topological polar surface area (TPSA) is 85.8 Å². The van der Waals surface area contributed by atoms with Gasteiger partial charge in [-0.15, -0.1) is 0 Å². The molecule has 2 aromatic rings. The highest BCUT2D eigenvalue weighted by Gasteiger charge is 2.39. The maximum Gasteiger partial charge on any atom is 0.305 e. The van der Waals surface area contributed by atoms with Crippen molar-refractivity contribution in [3.05, 3.63) is 45.6 Å². The molecule has 0 unspecified atom stereocenters. The van der Waals surface area contributed by atoms with Crippen LogP contribution in [0.4, 0.5) is 5.82 Å². The molecular weight excluding hydrogens is 464 g/mol. The summed E-state index contributed by atoms with van der Waals surface area (Å²) in [6, 6.07) is 3.98. The van der Waals surface area contributed by atoms with Gasteiger partial charge in [0.1, 0.15) is 17.2 Å². The fourth-order valence-electron chi connectivity index (χ4n) is 5.24. The number of carbonyl (C=O) groups is 1. The smallest absolute Gasteiger partial charge is 0.305 e. The van der Waals surface area contributed by atoms with Crippen molar-refractivity contribution >= 4 is 21.8 Å². The van der Waals surface area contributed by atoms with Gasteiger partial charge in [0, 0.05) is 30.6 Å². The number of anilines is 1. The number of sulfonamides is 1. The van der Waals surface area contributed by atoms with E-state index >= 15 is 0 Å². The van der Waals surface area contributed by atoms with Crippen LogP contribution < -0.4 is 9.04 Å². The number of benzene rings is 1. The summed E-state index contributed by atoms with van der Waals surface area (Å²) in [6.45, 7) is 10.2. The van der Waals surface area contributed by atoms with Crippen molar-refractivity contribution < 1.29 is 22.7 Å². The maximum absolute atomic E-state index is 14.2. The van der Waals surface area contributed by atoms with Crippen molar-refractivity contribution in [2.75, 3.05) is 18.0 Å². The predicted molar refractivity (Wildman–Crippen MR) is 136 cm³/mol. The van der Waals surface area contributed by atoms with Gasteiger partial charge in [-0.25, -0.2) is 17.7 Å². The molecule has 0 spiro atoms. The summed E-state index contributed by atoms with van der Waals surface area (Å²) >= 11 is 0. The molecule has 35 heavy (non-hydrogen) atoms. The molecule has 1 aromatic carbocycles. The highest BCUT2D eigenvalue weighted by Crippen LogP contribution is 2.45. The molecule has 0 amide bonds. The zero-order valence-electron chi connectivity index (χ0n) is 21.7. The van der Waals surface area contributed by atoms with E-state index in [9.17, 15) is 13.2 Å². The summed E-state index contributed by atoms with van der Waals surface area (Å²) in [5.74, 6) is 1.15. The number of ether oxygens (including phenoxy) is 2. The van der Waals surface area contributed by atoms with Crippen LogP contribution in [0.15, 0.2) is 17.0 Å². The first-order valence-electron chi connectivity index (χ1n) is 12.4. The van der Waals surface area contributed by atoms with E-state index in [0.29, 0.717) is 42.9 Å². The number of fused-ring (bicyclic) bond motifs is 2. The number of methoxy groups -OCH3 is 1. The third-order valence-corrected chi connectivity index (χ3v) is 9.25. The molecule has 0 bridgehead atoms. The van der Waals surface area contributed by atoms with Crippen molar-refractivity contribution in [1.29, 1.82) is 0 Å². The lowest BCUT2D eigenvalue weighted by Gasteiger charge is -2.31. The molecule has 2 aliphatic rings. The molecule has 190 valence electrons. The standard InChI is InChI=1S/C27H36N2O5S/c1-17-18(2)25(19(3)22-16-27(4,5)34-24(17)22)35(31,32)29-15-9-10-20-13-14-21(28-26(20)29)11-7-8-12-23(30)33-6/h13-14H,7-12,15-16H2,1-6H3. The molecule has 0 fully saturated rings. The molecule has 0 radical (unpaired) electrons. The Kier molecular flexibility index (Phi) is 6.88. The summed E-state index contributed by atoms with van der Waals surface area (Å²) < 4.78 is 40.8. The Morgan fingerprint density at radius 2 is 1.89 bits per heavy atom.